The van der Waals surface area contributed by atoms with Gasteiger partial charge in [0.05, 0.1) is 7.11 Å². The van der Waals surface area contributed by atoms with Crippen LogP contribution in [0.25, 0.3) is 0 Å². The van der Waals surface area contributed by atoms with Crippen molar-refractivity contribution in [3.63, 3.8) is 0 Å². The van der Waals surface area contributed by atoms with Gasteiger partial charge in [-0.15, -0.1) is 0 Å². The molecular formula is C13H14ClN5OS. The SMILES string of the molecule is COc1c(Cl)nc(SC)nc1Nc1ccc(N)c(C=N)c1. The molecule has 0 aliphatic heterocycles. The van der Waals surface area contributed by atoms with E-state index in [2.05, 4.69) is 15.3 Å². The van der Waals surface area contributed by atoms with Gasteiger partial charge in [-0.25, -0.2) is 9.97 Å². The fraction of sp³-hybridized carbons (Fsp3) is 0.154. The summed E-state index contributed by atoms with van der Waals surface area (Å²) in [5, 5.41) is 11.2. The normalized spacial score (nSPS) is 10.2. The lowest BCUT2D eigenvalue weighted by molar-refractivity contribution is 0.412. The van der Waals surface area contributed by atoms with Crippen molar-refractivity contribution in [1.82, 2.24) is 9.97 Å². The van der Waals surface area contributed by atoms with E-state index in [1.807, 2.05) is 6.26 Å². The Kier molecular flexibility index (Phi) is 4.87. The molecule has 6 nitrogen and oxygen atoms in total. The van der Waals surface area contributed by atoms with Gasteiger partial charge in [-0.2, -0.15) is 0 Å². The van der Waals surface area contributed by atoms with Crippen LogP contribution in [-0.4, -0.2) is 29.5 Å². The fourth-order valence-corrected chi connectivity index (χ4v) is 2.34. The second-order valence-corrected chi connectivity index (χ2v) is 5.13. The maximum atomic E-state index is 7.33. The van der Waals surface area contributed by atoms with Gasteiger partial charge in [-0.3, -0.25) is 0 Å². The third kappa shape index (κ3) is 3.37. The summed E-state index contributed by atoms with van der Waals surface area (Å²) in [6.45, 7) is 0. The van der Waals surface area contributed by atoms with Crippen molar-refractivity contribution >= 4 is 46.8 Å². The molecule has 0 amide bonds. The molecule has 0 saturated heterocycles. The van der Waals surface area contributed by atoms with Crippen LogP contribution in [0.5, 0.6) is 5.75 Å². The van der Waals surface area contributed by atoms with Crippen molar-refractivity contribution in [2.75, 3.05) is 24.4 Å². The maximum Gasteiger partial charge on any atom is 0.199 e. The molecule has 110 valence electrons. The Morgan fingerprint density at radius 3 is 2.81 bits per heavy atom. The third-order valence-electron chi connectivity index (χ3n) is 2.70. The zero-order valence-electron chi connectivity index (χ0n) is 11.5. The summed E-state index contributed by atoms with van der Waals surface area (Å²) >= 11 is 7.46. The number of nitrogens with one attached hydrogen (secondary N) is 2. The Balaban J connectivity index is 2.42. The fourth-order valence-electron chi connectivity index (χ4n) is 1.67. The van der Waals surface area contributed by atoms with E-state index >= 15 is 0 Å². The molecule has 2 rings (SSSR count). The minimum Gasteiger partial charge on any atom is -0.490 e. The number of methoxy groups -OCH3 is 1. The maximum absolute atomic E-state index is 7.33. The number of halogens is 1. The van der Waals surface area contributed by atoms with Gasteiger partial charge in [-0.1, -0.05) is 23.4 Å². The number of anilines is 3. The largest absolute Gasteiger partial charge is 0.490 e. The molecule has 0 saturated carbocycles. The van der Waals surface area contributed by atoms with Crippen LogP contribution < -0.4 is 15.8 Å². The number of hydrogen-bond acceptors (Lipinski definition) is 7. The molecule has 8 heteroatoms. The van der Waals surface area contributed by atoms with E-state index in [1.54, 1.807) is 18.2 Å². The molecule has 0 radical (unpaired) electrons. The van der Waals surface area contributed by atoms with Gasteiger partial charge in [0, 0.05) is 23.2 Å². The number of nitrogens with two attached hydrogens (primary N) is 1. The summed E-state index contributed by atoms with van der Waals surface area (Å²) in [5.41, 5.74) is 7.64. The van der Waals surface area contributed by atoms with E-state index in [0.29, 0.717) is 28.0 Å². The molecule has 4 N–H and O–H groups in total. The number of aromatic nitrogens is 2. The Morgan fingerprint density at radius 2 is 2.19 bits per heavy atom. The third-order valence-corrected chi connectivity index (χ3v) is 3.50. The molecular weight excluding hydrogens is 310 g/mol. The Morgan fingerprint density at radius 1 is 1.43 bits per heavy atom. The van der Waals surface area contributed by atoms with E-state index in [4.69, 9.17) is 27.5 Å². The van der Waals surface area contributed by atoms with Crippen LogP contribution in [0.4, 0.5) is 17.2 Å². The smallest absolute Gasteiger partial charge is 0.199 e. The second-order valence-electron chi connectivity index (χ2n) is 4.00. The Bertz CT molecular complexity index is 680. The molecule has 0 aliphatic rings. The van der Waals surface area contributed by atoms with E-state index in [0.717, 1.165) is 5.69 Å². The number of thioether (sulfide) groups is 1. The van der Waals surface area contributed by atoms with E-state index in [9.17, 15) is 0 Å². The minimum atomic E-state index is 0.238. The van der Waals surface area contributed by atoms with Gasteiger partial charge < -0.3 is 21.2 Å². The number of hydrogen-bond donors (Lipinski definition) is 3. The highest BCUT2D eigenvalue weighted by Gasteiger charge is 2.14. The average molecular weight is 324 g/mol. The van der Waals surface area contributed by atoms with Crippen molar-refractivity contribution in [3.8, 4) is 5.75 Å². The van der Waals surface area contributed by atoms with Crippen molar-refractivity contribution in [3.05, 3.63) is 28.9 Å². The van der Waals surface area contributed by atoms with Crippen molar-refractivity contribution in [1.29, 1.82) is 5.41 Å². The number of benzene rings is 1. The van der Waals surface area contributed by atoms with E-state index in [-0.39, 0.29) is 5.15 Å². The van der Waals surface area contributed by atoms with Crippen LogP contribution in [0.3, 0.4) is 0 Å². The van der Waals surface area contributed by atoms with Crippen LogP contribution in [0, 0.1) is 5.41 Å². The van der Waals surface area contributed by atoms with Gasteiger partial charge >= 0.3 is 0 Å². The van der Waals surface area contributed by atoms with Crippen LogP contribution in [-0.2, 0) is 0 Å². The first kappa shape index (κ1) is 15.4. The molecule has 0 bridgehead atoms. The molecule has 0 unspecified atom stereocenters. The average Bonchev–Trinajstić information content (AvgIpc) is 2.48. The summed E-state index contributed by atoms with van der Waals surface area (Å²) < 4.78 is 5.23. The number of ether oxygens (including phenoxy) is 1. The molecule has 0 aliphatic carbocycles. The molecule has 2 aromatic rings. The van der Waals surface area contributed by atoms with Crippen molar-refractivity contribution in [2.45, 2.75) is 5.16 Å². The first-order valence-corrected chi connectivity index (χ1v) is 7.51. The predicted octanol–water partition coefficient (Wildman–Crippen LogP) is 3.18. The second kappa shape index (κ2) is 6.64. The van der Waals surface area contributed by atoms with Gasteiger partial charge in [0.1, 0.15) is 0 Å². The Hall–Kier alpha value is -1.99. The highest BCUT2D eigenvalue weighted by Crippen LogP contribution is 2.33. The lowest BCUT2D eigenvalue weighted by Crippen LogP contribution is -2.02. The number of rotatable bonds is 5. The van der Waals surface area contributed by atoms with Crippen LogP contribution >= 0.6 is 23.4 Å². The summed E-state index contributed by atoms with van der Waals surface area (Å²) in [7, 11) is 1.50. The van der Waals surface area contributed by atoms with Gasteiger partial charge in [0.2, 0.25) is 0 Å². The summed E-state index contributed by atoms with van der Waals surface area (Å²) in [5.74, 6) is 0.824. The van der Waals surface area contributed by atoms with Gasteiger partial charge in [0.15, 0.2) is 21.9 Å². The first-order valence-electron chi connectivity index (χ1n) is 5.91. The highest BCUT2D eigenvalue weighted by atomic mass is 35.5. The predicted molar refractivity (Wildman–Crippen MR) is 87.4 cm³/mol. The summed E-state index contributed by atoms with van der Waals surface area (Å²) in [6.07, 6.45) is 3.05. The lowest BCUT2D eigenvalue weighted by Gasteiger charge is -2.13. The molecule has 1 aromatic carbocycles. The van der Waals surface area contributed by atoms with Crippen LogP contribution in [0.2, 0.25) is 5.15 Å². The van der Waals surface area contributed by atoms with Gasteiger partial charge in [-0.05, 0) is 24.5 Å². The highest BCUT2D eigenvalue weighted by molar-refractivity contribution is 7.98. The minimum absolute atomic E-state index is 0.238. The first-order chi connectivity index (χ1) is 10.1. The summed E-state index contributed by atoms with van der Waals surface area (Å²) in [6, 6.07) is 5.25. The van der Waals surface area contributed by atoms with Crippen molar-refractivity contribution in [2.24, 2.45) is 0 Å². The van der Waals surface area contributed by atoms with Gasteiger partial charge in [0.25, 0.3) is 0 Å². The number of nitrogens with zero attached hydrogens (tertiary/aromatic N) is 2. The quantitative estimate of drug-likeness (QED) is 0.257. The Labute approximate surface area is 131 Å². The van der Waals surface area contributed by atoms with E-state index in [1.165, 1.54) is 25.1 Å². The van der Waals surface area contributed by atoms with E-state index < -0.39 is 0 Å². The zero-order chi connectivity index (χ0) is 15.4. The van der Waals surface area contributed by atoms with Crippen molar-refractivity contribution < 1.29 is 4.74 Å². The topological polar surface area (TPSA) is 96.9 Å². The number of nitrogen functional groups attached to an aromatic ring is 1. The molecule has 0 spiro atoms. The zero-order valence-corrected chi connectivity index (χ0v) is 13.0. The molecule has 0 atom stereocenters. The molecule has 1 heterocycles. The molecule has 0 fully saturated rings. The molecule has 1 aromatic heterocycles. The lowest BCUT2D eigenvalue weighted by atomic mass is 10.1. The standard InChI is InChI=1S/C13H14ClN5OS/c1-20-10-11(14)18-13(21-2)19-12(10)17-8-3-4-9(16)7(5-8)6-15/h3-6,15H,16H2,1-2H3,(H,17,18,19). The monoisotopic (exact) mass is 323 g/mol. The molecule has 21 heavy (non-hydrogen) atoms. The van der Waals surface area contributed by atoms with Crippen LogP contribution in [0.1, 0.15) is 5.56 Å². The van der Waals surface area contributed by atoms with Crippen LogP contribution in [0.15, 0.2) is 23.4 Å². The summed E-state index contributed by atoms with van der Waals surface area (Å²) in [4.78, 5) is 8.45.